The molecule has 0 saturated carbocycles. The van der Waals surface area contributed by atoms with E-state index in [0.717, 1.165) is 49.3 Å². The molecule has 2 aromatic carbocycles. The summed E-state index contributed by atoms with van der Waals surface area (Å²) in [5.41, 5.74) is 2.51. The summed E-state index contributed by atoms with van der Waals surface area (Å²) >= 11 is 7.58. The molecule has 2 unspecified atom stereocenters. The Morgan fingerprint density at radius 3 is 2.40 bits per heavy atom. The second kappa shape index (κ2) is 11.4. The minimum atomic E-state index is -0.450. The summed E-state index contributed by atoms with van der Waals surface area (Å²) in [5.74, 6) is 0.189. The molecule has 1 aliphatic heterocycles. The summed E-state index contributed by atoms with van der Waals surface area (Å²) in [6, 6.07) is 18.2. The fourth-order valence-electron chi connectivity index (χ4n) is 3.63. The molecule has 0 radical (unpaired) electrons. The maximum absolute atomic E-state index is 12.5. The average molecular weight is 446 g/mol. The molecule has 1 amide bonds. The number of hydrogen-bond acceptors (Lipinski definition) is 4. The van der Waals surface area contributed by atoms with Crippen LogP contribution in [-0.4, -0.2) is 22.3 Å². The van der Waals surface area contributed by atoms with Gasteiger partial charge in [-0.15, -0.1) is 11.8 Å². The Labute approximate surface area is 187 Å². The molecule has 160 valence electrons. The number of carbonyl (C=O) groups is 2. The molecule has 0 bridgehead atoms. The molecule has 0 aliphatic carbocycles. The van der Waals surface area contributed by atoms with Crippen molar-refractivity contribution in [1.29, 1.82) is 0 Å². The zero-order valence-electron chi connectivity index (χ0n) is 17.3. The Hall–Kier alpha value is -1.98. The quantitative estimate of drug-likeness (QED) is 0.313. The van der Waals surface area contributed by atoms with Gasteiger partial charge in [-0.25, -0.2) is 0 Å². The summed E-state index contributed by atoms with van der Waals surface area (Å²) in [6.45, 7) is 1.33. The van der Waals surface area contributed by atoms with E-state index in [4.69, 9.17) is 16.4 Å². The topological polar surface area (TPSA) is 46.6 Å². The van der Waals surface area contributed by atoms with E-state index in [9.17, 15) is 9.59 Å². The molecule has 30 heavy (non-hydrogen) atoms. The first-order valence-corrected chi connectivity index (χ1v) is 11.9. The maximum atomic E-state index is 12.5. The highest BCUT2D eigenvalue weighted by atomic mass is 35.5. The zero-order valence-corrected chi connectivity index (χ0v) is 18.8. The van der Waals surface area contributed by atoms with Crippen molar-refractivity contribution in [3.63, 3.8) is 0 Å². The van der Waals surface area contributed by atoms with E-state index in [-0.39, 0.29) is 17.2 Å². The van der Waals surface area contributed by atoms with Gasteiger partial charge in [0.05, 0.1) is 5.92 Å². The SMILES string of the molecule is CC(=O)ON1C(=O)C(CCCCCCc2ccc(Cl)cc2)C1SCc1ccccc1. The lowest BCUT2D eigenvalue weighted by Gasteiger charge is -2.44. The molecule has 1 saturated heterocycles. The lowest BCUT2D eigenvalue weighted by molar-refractivity contribution is -0.225. The van der Waals surface area contributed by atoms with Crippen LogP contribution in [-0.2, 0) is 26.6 Å². The smallest absolute Gasteiger partial charge is 0.329 e. The second-order valence-electron chi connectivity index (χ2n) is 7.62. The minimum Gasteiger partial charge on any atom is -0.337 e. The van der Waals surface area contributed by atoms with Crippen LogP contribution in [0.3, 0.4) is 0 Å². The summed E-state index contributed by atoms with van der Waals surface area (Å²) in [4.78, 5) is 29.0. The van der Waals surface area contributed by atoms with Crippen LogP contribution in [0.4, 0.5) is 0 Å². The number of aryl methyl sites for hydroxylation is 1. The van der Waals surface area contributed by atoms with E-state index in [1.165, 1.54) is 23.1 Å². The molecule has 3 rings (SSSR count). The van der Waals surface area contributed by atoms with Crippen molar-refractivity contribution in [3.05, 3.63) is 70.7 Å². The van der Waals surface area contributed by atoms with Crippen LogP contribution in [0.1, 0.15) is 50.2 Å². The maximum Gasteiger partial charge on any atom is 0.329 e. The van der Waals surface area contributed by atoms with E-state index in [2.05, 4.69) is 24.3 Å². The third-order valence-electron chi connectivity index (χ3n) is 5.24. The van der Waals surface area contributed by atoms with E-state index in [1.54, 1.807) is 11.8 Å². The molecule has 0 N–H and O–H groups in total. The number of nitrogens with zero attached hydrogens (tertiary/aromatic N) is 1. The Balaban J connectivity index is 1.41. The van der Waals surface area contributed by atoms with Crippen molar-refractivity contribution >= 4 is 35.2 Å². The van der Waals surface area contributed by atoms with Gasteiger partial charge in [0.15, 0.2) is 0 Å². The number of hydrogen-bond donors (Lipinski definition) is 0. The van der Waals surface area contributed by atoms with Crippen molar-refractivity contribution in [2.45, 2.75) is 56.6 Å². The Bertz CT molecular complexity index is 828. The van der Waals surface area contributed by atoms with Gasteiger partial charge in [0.25, 0.3) is 5.91 Å². The molecule has 1 aliphatic rings. The molecule has 4 nitrogen and oxygen atoms in total. The number of β-lactam (4-membered cyclic amide) rings is 1. The first kappa shape index (κ1) is 22.7. The molecule has 2 atom stereocenters. The van der Waals surface area contributed by atoms with Crippen molar-refractivity contribution in [1.82, 2.24) is 5.06 Å². The lowest BCUT2D eigenvalue weighted by atomic mass is 9.93. The van der Waals surface area contributed by atoms with E-state index < -0.39 is 5.97 Å². The number of carbonyl (C=O) groups excluding carboxylic acids is 2. The predicted molar refractivity (Wildman–Crippen MR) is 122 cm³/mol. The number of benzene rings is 2. The van der Waals surface area contributed by atoms with Crippen LogP contribution in [0, 0.1) is 5.92 Å². The summed E-state index contributed by atoms with van der Waals surface area (Å²) in [7, 11) is 0. The average Bonchev–Trinajstić information content (AvgIpc) is 2.75. The van der Waals surface area contributed by atoms with Gasteiger partial charge in [0.2, 0.25) is 0 Å². The van der Waals surface area contributed by atoms with Crippen molar-refractivity contribution < 1.29 is 14.4 Å². The van der Waals surface area contributed by atoms with Gasteiger partial charge in [0.1, 0.15) is 5.37 Å². The molecular formula is C24H28ClNO3S. The fourth-order valence-corrected chi connectivity index (χ4v) is 5.08. The van der Waals surface area contributed by atoms with Crippen molar-refractivity contribution in [2.24, 2.45) is 5.92 Å². The van der Waals surface area contributed by atoms with Crippen molar-refractivity contribution in [3.8, 4) is 0 Å². The normalized spacial score (nSPS) is 18.2. The summed E-state index contributed by atoms with van der Waals surface area (Å²) < 4.78 is 0. The standard InChI is InChI=1S/C24H28ClNO3S/c1-18(27)29-26-23(28)22(24(26)30-17-20-10-6-4-7-11-20)12-8-3-2-5-9-19-13-15-21(25)16-14-19/h4,6-7,10-11,13-16,22,24H,2-3,5,8-9,12,17H2,1H3. The number of amides is 1. The first-order valence-electron chi connectivity index (χ1n) is 10.5. The Morgan fingerprint density at radius 1 is 1.00 bits per heavy atom. The Morgan fingerprint density at radius 2 is 1.70 bits per heavy atom. The van der Waals surface area contributed by atoms with Gasteiger partial charge in [-0.05, 0) is 42.5 Å². The monoisotopic (exact) mass is 445 g/mol. The van der Waals surface area contributed by atoms with Gasteiger partial charge >= 0.3 is 5.97 Å². The van der Waals surface area contributed by atoms with E-state index >= 15 is 0 Å². The minimum absolute atomic E-state index is 0.0723. The molecule has 1 fully saturated rings. The van der Waals surface area contributed by atoms with E-state index in [1.807, 2.05) is 30.3 Å². The first-order chi connectivity index (χ1) is 14.5. The number of hydroxylamine groups is 2. The van der Waals surface area contributed by atoms with Crippen LogP contribution in [0.15, 0.2) is 54.6 Å². The number of unbranched alkanes of at least 4 members (excludes halogenated alkanes) is 3. The highest BCUT2D eigenvalue weighted by molar-refractivity contribution is 7.99. The third-order valence-corrected chi connectivity index (χ3v) is 6.86. The molecule has 2 aromatic rings. The molecular weight excluding hydrogens is 418 g/mol. The van der Waals surface area contributed by atoms with E-state index in [0.29, 0.717) is 0 Å². The predicted octanol–water partition coefficient (Wildman–Crippen LogP) is 6.03. The molecule has 6 heteroatoms. The fraction of sp³-hybridized carbons (Fsp3) is 0.417. The highest BCUT2D eigenvalue weighted by Crippen LogP contribution is 2.40. The van der Waals surface area contributed by atoms with Gasteiger partial charge in [-0.2, -0.15) is 5.06 Å². The second-order valence-corrected chi connectivity index (χ2v) is 9.16. The van der Waals surface area contributed by atoms with Crippen LogP contribution < -0.4 is 0 Å². The third kappa shape index (κ3) is 6.51. The van der Waals surface area contributed by atoms with Crippen LogP contribution in [0.5, 0.6) is 0 Å². The molecule has 1 heterocycles. The summed E-state index contributed by atoms with van der Waals surface area (Å²) in [5, 5.41) is 1.93. The van der Waals surface area contributed by atoms with Crippen LogP contribution in [0.25, 0.3) is 0 Å². The summed E-state index contributed by atoms with van der Waals surface area (Å²) in [6.07, 6.45) is 6.26. The van der Waals surface area contributed by atoms with Crippen molar-refractivity contribution in [2.75, 3.05) is 0 Å². The largest absolute Gasteiger partial charge is 0.337 e. The molecule has 0 spiro atoms. The Kier molecular flexibility index (Phi) is 8.64. The number of rotatable bonds is 11. The van der Waals surface area contributed by atoms with Gasteiger partial charge < -0.3 is 4.84 Å². The molecule has 0 aromatic heterocycles. The van der Waals surface area contributed by atoms with Gasteiger partial charge in [-0.3, -0.25) is 9.59 Å². The van der Waals surface area contributed by atoms with Gasteiger partial charge in [-0.1, -0.05) is 73.3 Å². The zero-order chi connectivity index (χ0) is 21.3. The number of thioether (sulfide) groups is 1. The number of halogens is 1. The highest BCUT2D eigenvalue weighted by Gasteiger charge is 2.49. The van der Waals surface area contributed by atoms with Gasteiger partial charge in [0, 0.05) is 17.7 Å². The van der Waals surface area contributed by atoms with Crippen LogP contribution >= 0.6 is 23.4 Å². The van der Waals surface area contributed by atoms with Crippen LogP contribution in [0.2, 0.25) is 5.02 Å². The lowest BCUT2D eigenvalue weighted by Crippen LogP contribution is -2.59.